The maximum absolute atomic E-state index is 12.9. The molecule has 1 atom stereocenters. The van der Waals surface area contributed by atoms with Crippen LogP contribution >= 0.6 is 0 Å². The van der Waals surface area contributed by atoms with Crippen molar-refractivity contribution in [2.75, 3.05) is 6.54 Å². The van der Waals surface area contributed by atoms with Crippen LogP contribution in [0.25, 0.3) is 11.3 Å². The molecule has 3 N–H and O–H groups in total. The molecule has 2 aliphatic rings. The van der Waals surface area contributed by atoms with Gasteiger partial charge in [-0.1, -0.05) is 30.3 Å². The molecule has 0 aliphatic carbocycles. The molecule has 1 fully saturated rings. The lowest BCUT2D eigenvalue weighted by Gasteiger charge is -2.31. The Kier molecular flexibility index (Phi) is 4.18. The number of phenolic OH excluding ortho intramolecular Hbond substituents is 1. The first-order valence-corrected chi connectivity index (χ1v) is 9.58. The zero-order valence-electron chi connectivity index (χ0n) is 16.2. The molecular weight excluding hydrogens is 398 g/mol. The van der Waals surface area contributed by atoms with Gasteiger partial charge < -0.3 is 15.3 Å². The third-order valence-electron chi connectivity index (χ3n) is 5.58. The number of hydrogen-bond acceptors (Lipinski definition) is 6. The van der Waals surface area contributed by atoms with Crippen LogP contribution in [0.4, 0.5) is 4.79 Å². The molecule has 31 heavy (non-hydrogen) atoms. The van der Waals surface area contributed by atoms with Crippen LogP contribution in [0.5, 0.6) is 5.75 Å². The number of aromatic hydroxyl groups is 1. The van der Waals surface area contributed by atoms with Crippen LogP contribution in [-0.2, 0) is 16.9 Å². The van der Waals surface area contributed by atoms with E-state index in [0.29, 0.717) is 16.8 Å². The minimum atomic E-state index is -1.43. The molecule has 9 heteroatoms. The Morgan fingerprint density at radius 2 is 1.87 bits per heavy atom. The average Bonchev–Trinajstić information content (AvgIpc) is 3.24. The van der Waals surface area contributed by atoms with Crippen LogP contribution in [0.15, 0.2) is 61.1 Å². The Bertz CT molecular complexity index is 1210. The largest absolute Gasteiger partial charge is 0.508 e. The van der Waals surface area contributed by atoms with E-state index >= 15 is 0 Å². The number of aromatic nitrogens is 2. The summed E-state index contributed by atoms with van der Waals surface area (Å²) in [6, 6.07) is 11.0. The van der Waals surface area contributed by atoms with Crippen molar-refractivity contribution < 1.29 is 19.5 Å². The first kappa shape index (κ1) is 18.7. The van der Waals surface area contributed by atoms with Crippen LogP contribution in [0.3, 0.4) is 0 Å². The topological polar surface area (TPSA) is 125 Å². The maximum atomic E-state index is 12.9. The average molecular weight is 415 g/mol. The molecule has 4 amide bonds. The molecule has 0 spiro atoms. The summed E-state index contributed by atoms with van der Waals surface area (Å²) in [6.07, 6.45) is 4.80. The lowest BCUT2D eigenvalue weighted by Crippen LogP contribution is -2.52. The van der Waals surface area contributed by atoms with Crippen LogP contribution in [-0.4, -0.2) is 44.4 Å². The summed E-state index contributed by atoms with van der Waals surface area (Å²) < 4.78 is 0. The van der Waals surface area contributed by atoms with Gasteiger partial charge in [0.15, 0.2) is 5.54 Å². The van der Waals surface area contributed by atoms with Gasteiger partial charge in [-0.15, -0.1) is 0 Å². The van der Waals surface area contributed by atoms with E-state index in [-0.39, 0.29) is 24.7 Å². The van der Waals surface area contributed by atoms with E-state index in [2.05, 4.69) is 20.6 Å². The molecule has 0 unspecified atom stereocenters. The summed E-state index contributed by atoms with van der Waals surface area (Å²) in [5, 5.41) is 14.7. The number of benzene rings is 2. The van der Waals surface area contributed by atoms with Crippen molar-refractivity contribution >= 4 is 17.8 Å². The Morgan fingerprint density at radius 3 is 2.55 bits per heavy atom. The van der Waals surface area contributed by atoms with Crippen LogP contribution in [0.2, 0.25) is 0 Å². The number of fused-ring (bicyclic) bond motifs is 1. The smallest absolute Gasteiger partial charge is 0.322 e. The zero-order chi connectivity index (χ0) is 21.6. The highest BCUT2D eigenvalue weighted by Gasteiger charge is 2.50. The fourth-order valence-electron chi connectivity index (χ4n) is 4.03. The lowest BCUT2D eigenvalue weighted by atomic mass is 9.88. The van der Waals surface area contributed by atoms with Crippen molar-refractivity contribution in [2.45, 2.75) is 12.1 Å². The minimum Gasteiger partial charge on any atom is -0.508 e. The van der Waals surface area contributed by atoms with Gasteiger partial charge in [0.25, 0.3) is 11.8 Å². The molecule has 0 radical (unpaired) electrons. The first-order chi connectivity index (χ1) is 15.0. The van der Waals surface area contributed by atoms with Gasteiger partial charge >= 0.3 is 6.03 Å². The second-order valence-corrected chi connectivity index (χ2v) is 7.48. The standard InChI is InChI=1S/C22H17N5O4/c28-16-6-3-14-11-27(19(29)17(14)9-16)12-22(20(30)25-21(31)26-22)15-4-1-13(2-5-15)18-10-23-7-8-24-18/h1-10,28H,11-12H2,(H2,25,26,30,31)/t22-/m0/s1. The number of carbonyl (C=O) groups is 3. The number of phenols is 1. The van der Waals surface area contributed by atoms with Crippen LogP contribution in [0.1, 0.15) is 21.5 Å². The first-order valence-electron chi connectivity index (χ1n) is 9.58. The summed E-state index contributed by atoms with van der Waals surface area (Å²) in [6.45, 7) is 0.223. The van der Waals surface area contributed by atoms with E-state index in [0.717, 1.165) is 11.1 Å². The molecule has 0 bridgehead atoms. The molecule has 5 rings (SSSR count). The van der Waals surface area contributed by atoms with Crippen molar-refractivity contribution in [1.82, 2.24) is 25.5 Å². The summed E-state index contributed by atoms with van der Waals surface area (Å²) >= 11 is 0. The number of carbonyl (C=O) groups excluding carboxylic acids is 3. The van der Waals surface area contributed by atoms with Crippen molar-refractivity contribution in [3.05, 3.63) is 77.7 Å². The fourth-order valence-corrected chi connectivity index (χ4v) is 4.03. The highest BCUT2D eigenvalue weighted by atomic mass is 16.3. The molecule has 154 valence electrons. The number of nitrogens with zero attached hydrogens (tertiary/aromatic N) is 3. The van der Waals surface area contributed by atoms with Gasteiger partial charge in [-0.3, -0.25) is 24.9 Å². The van der Waals surface area contributed by atoms with Gasteiger partial charge in [0, 0.05) is 30.1 Å². The molecule has 3 aromatic rings. The van der Waals surface area contributed by atoms with Crippen LogP contribution in [0, 0.1) is 0 Å². The van der Waals surface area contributed by atoms with Gasteiger partial charge in [0.2, 0.25) is 0 Å². The molecule has 0 saturated carbocycles. The number of amides is 4. The Hall–Kier alpha value is -4.27. The summed E-state index contributed by atoms with van der Waals surface area (Å²) in [4.78, 5) is 47.6. The van der Waals surface area contributed by atoms with Crippen molar-refractivity contribution in [3.63, 3.8) is 0 Å². The van der Waals surface area contributed by atoms with Gasteiger partial charge in [-0.2, -0.15) is 0 Å². The summed E-state index contributed by atoms with van der Waals surface area (Å²) in [5.41, 5.74) is 1.72. The molecule has 2 aromatic carbocycles. The fraction of sp³-hybridized carbons (Fsp3) is 0.136. The predicted octanol–water partition coefficient (Wildman–Crippen LogP) is 1.54. The molecule has 1 saturated heterocycles. The molecule has 9 nitrogen and oxygen atoms in total. The zero-order valence-corrected chi connectivity index (χ0v) is 16.2. The SMILES string of the molecule is O=C1NC(=O)[C@](CN2Cc3ccc(O)cc3C2=O)(c2ccc(-c3cnccn3)cc2)N1. The normalized spacial score (nSPS) is 19.9. The van der Waals surface area contributed by atoms with E-state index in [1.165, 1.54) is 17.0 Å². The molecule has 1 aromatic heterocycles. The summed E-state index contributed by atoms with van der Waals surface area (Å²) in [7, 11) is 0. The van der Waals surface area contributed by atoms with Crippen molar-refractivity contribution in [1.29, 1.82) is 0 Å². The predicted molar refractivity (Wildman–Crippen MR) is 109 cm³/mol. The van der Waals surface area contributed by atoms with E-state index in [4.69, 9.17) is 0 Å². The number of nitrogens with one attached hydrogen (secondary N) is 2. The number of urea groups is 1. The van der Waals surface area contributed by atoms with Gasteiger partial charge in [0.05, 0.1) is 18.4 Å². The Morgan fingerprint density at radius 1 is 1.06 bits per heavy atom. The lowest BCUT2D eigenvalue weighted by molar-refractivity contribution is -0.124. The second kappa shape index (κ2) is 6.91. The van der Waals surface area contributed by atoms with Crippen molar-refractivity contribution in [2.24, 2.45) is 0 Å². The van der Waals surface area contributed by atoms with E-state index < -0.39 is 17.5 Å². The highest BCUT2D eigenvalue weighted by Crippen LogP contribution is 2.33. The monoisotopic (exact) mass is 415 g/mol. The third-order valence-corrected chi connectivity index (χ3v) is 5.58. The number of imide groups is 1. The summed E-state index contributed by atoms with van der Waals surface area (Å²) in [5.74, 6) is -0.845. The Balaban J connectivity index is 1.49. The van der Waals surface area contributed by atoms with Gasteiger partial charge in [0.1, 0.15) is 5.75 Å². The third kappa shape index (κ3) is 3.07. The maximum Gasteiger partial charge on any atom is 0.322 e. The molecular formula is C22H17N5O4. The van der Waals surface area contributed by atoms with E-state index in [9.17, 15) is 19.5 Å². The van der Waals surface area contributed by atoms with Crippen molar-refractivity contribution in [3.8, 4) is 17.0 Å². The quantitative estimate of drug-likeness (QED) is 0.555. The number of rotatable bonds is 4. The minimum absolute atomic E-state index is 0.00447. The van der Waals surface area contributed by atoms with Gasteiger partial charge in [-0.05, 0) is 23.3 Å². The molecule has 3 heterocycles. The number of hydrogen-bond donors (Lipinski definition) is 3. The Labute approximate surface area is 176 Å². The highest BCUT2D eigenvalue weighted by molar-refractivity contribution is 6.08. The van der Waals surface area contributed by atoms with E-state index in [1.807, 2.05) is 0 Å². The van der Waals surface area contributed by atoms with Crippen LogP contribution < -0.4 is 10.6 Å². The second-order valence-electron chi connectivity index (χ2n) is 7.48. The molecule has 2 aliphatic heterocycles. The van der Waals surface area contributed by atoms with Gasteiger partial charge in [-0.25, -0.2) is 4.79 Å². The van der Waals surface area contributed by atoms with E-state index in [1.54, 1.807) is 48.9 Å².